The Bertz CT molecular complexity index is 273. The quantitative estimate of drug-likeness (QED) is 0.162. The first-order valence-corrected chi connectivity index (χ1v) is 9.19. The van der Waals surface area contributed by atoms with Crippen molar-refractivity contribution in [3.05, 3.63) is 12.2 Å². The molecule has 0 amide bonds. The Morgan fingerprint density at radius 3 is 2.19 bits per heavy atom. The van der Waals surface area contributed by atoms with Gasteiger partial charge in [0.2, 0.25) is 0 Å². The van der Waals surface area contributed by atoms with Gasteiger partial charge in [-0.2, -0.15) is 0 Å². The van der Waals surface area contributed by atoms with Crippen LogP contribution in [0.25, 0.3) is 0 Å². The van der Waals surface area contributed by atoms with Gasteiger partial charge in [-0.15, -0.1) is 0 Å². The maximum absolute atomic E-state index is 11.2. The van der Waals surface area contributed by atoms with E-state index in [1.54, 1.807) is 6.92 Å². The number of esters is 1. The normalized spacial score (nSPS) is 10.9. The van der Waals surface area contributed by atoms with Crippen molar-refractivity contribution >= 4 is 15.5 Å². The molecule has 0 aromatic carbocycles. The number of hydrogen-bond acceptors (Lipinski definition) is 4. The third kappa shape index (κ3) is 12.8. The van der Waals surface area contributed by atoms with Gasteiger partial charge < -0.3 is 14.2 Å². The monoisotopic (exact) mass is 314 g/mol. The molecule has 0 aliphatic rings. The summed E-state index contributed by atoms with van der Waals surface area (Å²) in [5.41, 5.74) is 0.459. The lowest BCUT2D eigenvalue weighted by molar-refractivity contribution is -0.139. The summed E-state index contributed by atoms with van der Waals surface area (Å²) in [5, 5.41) is 0. The van der Waals surface area contributed by atoms with Crippen molar-refractivity contribution in [2.45, 2.75) is 64.8 Å². The predicted octanol–water partition coefficient (Wildman–Crippen LogP) is 3.54. The molecule has 0 aromatic heterocycles. The Morgan fingerprint density at radius 2 is 1.67 bits per heavy atom. The molecule has 0 saturated carbocycles. The predicted molar refractivity (Wildman–Crippen MR) is 86.5 cm³/mol. The molecule has 0 aliphatic heterocycles. The molecule has 0 bridgehead atoms. The van der Waals surface area contributed by atoms with E-state index >= 15 is 0 Å². The molecular weight excluding hydrogens is 284 g/mol. The van der Waals surface area contributed by atoms with Gasteiger partial charge in [-0.3, -0.25) is 0 Å². The van der Waals surface area contributed by atoms with Gasteiger partial charge in [-0.25, -0.2) is 4.79 Å². The minimum Gasteiger partial charge on any atom is -0.462 e. The summed E-state index contributed by atoms with van der Waals surface area (Å²) in [6.07, 6.45) is 5.12. The lowest BCUT2D eigenvalue weighted by Crippen LogP contribution is -2.25. The highest BCUT2D eigenvalue weighted by atomic mass is 28.2. The van der Waals surface area contributed by atoms with E-state index < -0.39 is 0 Å². The zero-order valence-electron chi connectivity index (χ0n) is 13.8. The molecule has 0 aliphatic carbocycles. The van der Waals surface area contributed by atoms with E-state index in [1.807, 2.05) is 0 Å². The van der Waals surface area contributed by atoms with Crippen LogP contribution >= 0.6 is 0 Å². The summed E-state index contributed by atoms with van der Waals surface area (Å²) in [5.74, 6) is -0.330. The van der Waals surface area contributed by atoms with E-state index in [-0.39, 0.29) is 11.9 Å². The summed E-state index contributed by atoms with van der Waals surface area (Å²) >= 11 is 0. The molecule has 5 heteroatoms. The fraction of sp³-hybridized carbons (Fsp3) is 0.812. The summed E-state index contributed by atoms with van der Waals surface area (Å²) < 4.78 is 16.4. The molecule has 2 radical (unpaired) electrons. The largest absolute Gasteiger partial charge is 0.462 e. The number of carbonyl (C=O) groups excluding carboxylic acids is 1. The van der Waals surface area contributed by atoms with Crippen LogP contribution in [0, 0.1) is 0 Å². The van der Waals surface area contributed by atoms with Crippen molar-refractivity contribution in [3.63, 3.8) is 0 Å². The molecule has 0 aromatic rings. The highest BCUT2D eigenvalue weighted by Gasteiger charge is 2.09. The Morgan fingerprint density at radius 1 is 1.05 bits per heavy atom. The summed E-state index contributed by atoms with van der Waals surface area (Å²) in [6.45, 7) is 11.4. The minimum atomic E-state index is -0.294. The number of rotatable bonds is 14. The first-order chi connectivity index (χ1) is 10.1. The number of hydrogen-bond donors (Lipinski definition) is 0. The van der Waals surface area contributed by atoms with Crippen LogP contribution in [0.4, 0.5) is 0 Å². The van der Waals surface area contributed by atoms with Crippen LogP contribution in [0.2, 0.25) is 6.04 Å². The Kier molecular flexibility index (Phi) is 13.8. The average molecular weight is 314 g/mol. The first kappa shape index (κ1) is 20.3. The standard InChI is InChI=1S/C16H30O4Si/c1-5-10-19-16(20-11-6-2)21-13-9-7-8-12-18-15(17)14(3)4/h16H,3,5-13H2,1-2,4H3. The van der Waals surface area contributed by atoms with Crippen LogP contribution in [-0.2, 0) is 19.0 Å². The molecular formula is C16H30O4Si. The molecule has 0 unspecified atom stereocenters. The van der Waals surface area contributed by atoms with E-state index in [1.165, 1.54) is 0 Å². The molecule has 0 spiro atoms. The minimum absolute atomic E-state index is 0.0360. The maximum atomic E-state index is 11.2. The fourth-order valence-electron chi connectivity index (χ4n) is 1.53. The van der Waals surface area contributed by atoms with Crippen LogP contribution < -0.4 is 0 Å². The lowest BCUT2D eigenvalue weighted by Gasteiger charge is -2.17. The summed E-state index contributed by atoms with van der Waals surface area (Å²) in [7, 11) is 0.680. The number of unbranched alkanes of at least 4 members (excludes halogenated alkanes) is 2. The van der Waals surface area contributed by atoms with Gasteiger partial charge in [0.1, 0.15) is 15.4 Å². The third-order valence-electron chi connectivity index (χ3n) is 2.66. The third-order valence-corrected chi connectivity index (χ3v) is 3.97. The second kappa shape index (κ2) is 14.3. The second-order valence-corrected chi connectivity index (χ2v) is 6.38. The summed E-state index contributed by atoms with van der Waals surface area (Å²) in [6, 6.07) is 1.10. The molecule has 0 saturated heterocycles. The SMILES string of the molecule is C=C(C)C(=O)OCCCCC[Si]C(OCCC)OCCC. The van der Waals surface area contributed by atoms with Gasteiger partial charge in [0.05, 0.1) is 6.61 Å². The van der Waals surface area contributed by atoms with Gasteiger partial charge in [0.15, 0.2) is 0 Å². The first-order valence-electron chi connectivity index (χ1n) is 7.91. The molecule has 4 nitrogen and oxygen atoms in total. The highest BCUT2D eigenvalue weighted by molar-refractivity contribution is 6.36. The van der Waals surface area contributed by atoms with E-state index in [9.17, 15) is 4.79 Å². The topological polar surface area (TPSA) is 44.8 Å². The summed E-state index contributed by atoms with van der Waals surface area (Å²) in [4.78, 5) is 11.2. The van der Waals surface area contributed by atoms with Gasteiger partial charge >= 0.3 is 5.97 Å². The fourth-order valence-corrected chi connectivity index (χ4v) is 2.69. The van der Waals surface area contributed by atoms with Gasteiger partial charge in [0.25, 0.3) is 0 Å². The van der Waals surface area contributed by atoms with E-state index in [4.69, 9.17) is 14.2 Å². The molecule has 21 heavy (non-hydrogen) atoms. The van der Waals surface area contributed by atoms with Crippen molar-refractivity contribution < 1.29 is 19.0 Å². The van der Waals surface area contributed by atoms with Crippen molar-refractivity contribution in [2.24, 2.45) is 0 Å². The highest BCUT2D eigenvalue weighted by Crippen LogP contribution is 2.05. The molecule has 0 heterocycles. The van der Waals surface area contributed by atoms with Crippen molar-refractivity contribution in [3.8, 4) is 0 Å². The number of carbonyl (C=O) groups is 1. The molecule has 0 fully saturated rings. The van der Waals surface area contributed by atoms with Gasteiger partial charge in [-0.1, -0.05) is 39.3 Å². The van der Waals surface area contributed by atoms with Crippen LogP contribution in [-0.4, -0.2) is 41.2 Å². The Balaban J connectivity index is 3.56. The maximum Gasteiger partial charge on any atom is 0.333 e. The van der Waals surface area contributed by atoms with Gasteiger partial charge in [0, 0.05) is 18.8 Å². The smallest absolute Gasteiger partial charge is 0.333 e. The van der Waals surface area contributed by atoms with Crippen LogP contribution in [0.3, 0.4) is 0 Å². The molecule has 0 rings (SSSR count). The molecule has 122 valence electrons. The zero-order chi connectivity index (χ0) is 15.9. The molecule has 0 atom stereocenters. The second-order valence-electron chi connectivity index (χ2n) is 5.00. The molecule has 0 N–H and O–H groups in total. The van der Waals surface area contributed by atoms with E-state index in [0.29, 0.717) is 21.7 Å². The van der Waals surface area contributed by atoms with E-state index in [0.717, 1.165) is 51.4 Å². The van der Waals surface area contributed by atoms with Crippen LogP contribution in [0.5, 0.6) is 0 Å². The van der Waals surface area contributed by atoms with Crippen molar-refractivity contribution in [1.29, 1.82) is 0 Å². The van der Waals surface area contributed by atoms with Gasteiger partial charge in [-0.05, 0) is 26.2 Å². The average Bonchev–Trinajstić information content (AvgIpc) is 2.47. The lowest BCUT2D eigenvalue weighted by atomic mass is 10.3. The Labute approximate surface area is 132 Å². The van der Waals surface area contributed by atoms with Crippen molar-refractivity contribution in [1.82, 2.24) is 0 Å². The zero-order valence-corrected chi connectivity index (χ0v) is 14.8. The van der Waals surface area contributed by atoms with E-state index in [2.05, 4.69) is 20.4 Å². The van der Waals surface area contributed by atoms with Crippen LogP contribution in [0.1, 0.15) is 52.9 Å². The van der Waals surface area contributed by atoms with Crippen molar-refractivity contribution in [2.75, 3.05) is 19.8 Å². The van der Waals surface area contributed by atoms with Crippen LogP contribution in [0.15, 0.2) is 12.2 Å². The Hall–Kier alpha value is -0.653. The number of ether oxygens (including phenoxy) is 3.